The van der Waals surface area contributed by atoms with E-state index in [0.29, 0.717) is 10.0 Å². The van der Waals surface area contributed by atoms with E-state index in [-0.39, 0.29) is 6.04 Å². The molecule has 6 heteroatoms. The second kappa shape index (κ2) is 5.71. The van der Waals surface area contributed by atoms with E-state index in [9.17, 15) is 0 Å². The number of halogens is 2. The van der Waals surface area contributed by atoms with Crippen LogP contribution >= 0.6 is 23.2 Å². The molecule has 3 N–H and O–H groups in total. The number of aryl methyl sites for hydroxylation is 1. The molecule has 0 saturated carbocycles. The Hall–Kier alpha value is -1.07. The van der Waals surface area contributed by atoms with E-state index in [1.54, 1.807) is 24.4 Å². The lowest BCUT2D eigenvalue weighted by Gasteiger charge is -2.19. The van der Waals surface area contributed by atoms with Crippen molar-refractivity contribution in [3.63, 3.8) is 0 Å². The molecular weight excluding hydrogens is 271 g/mol. The van der Waals surface area contributed by atoms with Crippen molar-refractivity contribution in [3.8, 4) is 0 Å². The number of hydrogen-bond acceptors (Lipinski definition) is 3. The van der Waals surface area contributed by atoms with Crippen molar-refractivity contribution in [1.29, 1.82) is 0 Å². The highest BCUT2D eigenvalue weighted by atomic mass is 35.5. The van der Waals surface area contributed by atoms with Gasteiger partial charge in [-0.3, -0.25) is 10.5 Å². The maximum absolute atomic E-state index is 6.20. The SMILES string of the molecule is CCn1nccc1C(NN)c1cc(Cl)ccc1Cl. The smallest absolute Gasteiger partial charge is 0.0893 e. The molecule has 0 aliphatic carbocycles. The summed E-state index contributed by atoms with van der Waals surface area (Å²) in [6, 6.07) is 6.99. The average molecular weight is 285 g/mol. The van der Waals surface area contributed by atoms with Crippen LogP contribution in [-0.2, 0) is 6.54 Å². The third-order valence-electron chi connectivity index (χ3n) is 2.78. The summed E-state index contributed by atoms with van der Waals surface area (Å²) >= 11 is 12.2. The van der Waals surface area contributed by atoms with Gasteiger partial charge in [0.25, 0.3) is 0 Å². The number of nitrogens with zero attached hydrogens (tertiary/aromatic N) is 2. The van der Waals surface area contributed by atoms with Crippen molar-refractivity contribution in [2.24, 2.45) is 5.84 Å². The molecule has 0 bridgehead atoms. The number of nitrogens with two attached hydrogens (primary N) is 1. The van der Waals surface area contributed by atoms with Gasteiger partial charge in [0.1, 0.15) is 0 Å². The van der Waals surface area contributed by atoms with Gasteiger partial charge in [-0.1, -0.05) is 23.2 Å². The first kappa shape index (κ1) is 13.4. The molecule has 0 aliphatic heterocycles. The van der Waals surface area contributed by atoms with Crippen LogP contribution in [0.25, 0.3) is 0 Å². The normalized spacial score (nSPS) is 12.7. The van der Waals surface area contributed by atoms with Crippen LogP contribution in [0, 0.1) is 0 Å². The molecule has 0 fully saturated rings. The van der Waals surface area contributed by atoms with E-state index in [1.165, 1.54) is 0 Å². The summed E-state index contributed by atoms with van der Waals surface area (Å²) in [5, 5.41) is 5.47. The summed E-state index contributed by atoms with van der Waals surface area (Å²) in [7, 11) is 0. The van der Waals surface area contributed by atoms with Gasteiger partial charge in [-0.05, 0) is 36.8 Å². The zero-order valence-corrected chi connectivity index (χ0v) is 11.4. The van der Waals surface area contributed by atoms with Crippen molar-refractivity contribution < 1.29 is 0 Å². The van der Waals surface area contributed by atoms with Crippen molar-refractivity contribution >= 4 is 23.2 Å². The summed E-state index contributed by atoms with van der Waals surface area (Å²) in [4.78, 5) is 0. The summed E-state index contributed by atoms with van der Waals surface area (Å²) in [6.45, 7) is 2.78. The fourth-order valence-corrected chi connectivity index (χ4v) is 2.33. The number of rotatable bonds is 4. The maximum atomic E-state index is 6.20. The molecule has 0 saturated heterocycles. The monoisotopic (exact) mass is 284 g/mol. The Morgan fingerprint density at radius 3 is 2.83 bits per heavy atom. The molecule has 2 aromatic rings. The van der Waals surface area contributed by atoms with Gasteiger partial charge in [0.2, 0.25) is 0 Å². The topological polar surface area (TPSA) is 55.9 Å². The average Bonchev–Trinajstić information content (AvgIpc) is 2.83. The molecule has 1 aromatic carbocycles. The Kier molecular flexibility index (Phi) is 4.24. The van der Waals surface area contributed by atoms with Gasteiger partial charge in [-0.2, -0.15) is 5.10 Å². The first-order valence-corrected chi connectivity index (χ1v) is 6.35. The van der Waals surface area contributed by atoms with E-state index < -0.39 is 0 Å². The van der Waals surface area contributed by atoms with Crippen LogP contribution in [0.1, 0.15) is 24.2 Å². The second-order valence-electron chi connectivity index (χ2n) is 3.84. The molecule has 4 nitrogen and oxygen atoms in total. The van der Waals surface area contributed by atoms with Crippen LogP contribution in [-0.4, -0.2) is 9.78 Å². The van der Waals surface area contributed by atoms with Crippen LogP contribution in [0.15, 0.2) is 30.5 Å². The molecule has 1 aromatic heterocycles. The zero-order valence-electron chi connectivity index (χ0n) is 9.90. The first-order valence-electron chi connectivity index (χ1n) is 5.60. The number of nitrogens with one attached hydrogen (secondary N) is 1. The maximum Gasteiger partial charge on any atom is 0.0893 e. The molecule has 0 amide bonds. The minimum atomic E-state index is -0.237. The predicted molar refractivity (Wildman–Crippen MR) is 73.5 cm³/mol. The fourth-order valence-electron chi connectivity index (χ4n) is 1.92. The lowest BCUT2D eigenvalue weighted by atomic mass is 10.0. The standard InChI is InChI=1S/C12H14Cl2N4/c1-2-18-11(5-6-16-18)12(17-15)9-7-8(13)3-4-10(9)14/h3-7,12,17H,2,15H2,1H3. The van der Waals surface area contributed by atoms with Crippen molar-refractivity contribution in [3.05, 3.63) is 51.8 Å². The van der Waals surface area contributed by atoms with E-state index in [4.69, 9.17) is 29.0 Å². The Bertz CT molecular complexity index is 539. The second-order valence-corrected chi connectivity index (χ2v) is 4.68. The van der Waals surface area contributed by atoms with E-state index in [1.807, 2.05) is 17.7 Å². The van der Waals surface area contributed by atoms with Crippen LogP contribution in [0.3, 0.4) is 0 Å². The molecule has 1 atom stereocenters. The number of hydrogen-bond donors (Lipinski definition) is 2. The fraction of sp³-hybridized carbons (Fsp3) is 0.250. The van der Waals surface area contributed by atoms with Crippen molar-refractivity contribution in [2.75, 3.05) is 0 Å². The van der Waals surface area contributed by atoms with Gasteiger partial charge in [0.05, 0.1) is 11.7 Å². The Morgan fingerprint density at radius 2 is 2.17 bits per heavy atom. The van der Waals surface area contributed by atoms with E-state index in [2.05, 4.69) is 10.5 Å². The van der Waals surface area contributed by atoms with Crippen LogP contribution < -0.4 is 11.3 Å². The Morgan fingerprint density at radius 1 is 1.39 bits per heavy atom. The summed E-state index contributed by atoms with van der Waals surface area (Å²) in [5.41, 5.74) is 4.54. The number of hydrazine groups is 1. The molecule has 18 heavy (non-hydrogen) atoms. The highest BCUT2D eigenvalue weighted by Crippen LogP contribution is 2.30. The molecule has 0 spiro atoms. The van der Waals surface area contributed by atoms with Gasteiger partial charge in [0.15, 0.2) is 0 Å². The van der Waals surface area contributed by atoms with Gasteiger partial charge >= 0.3 is 0 Å². The summed E-state index contributed by atoms with van der Waals surface area (Å²) in [5.74, 6) is 5.65. The molecular formula is C12H14Cl2N4. The molecule has 0 aliphatic rings. The minimum absolute atomic E-state index is 0.237. The zero-order chi connectivity index (χ0) is 13.1. The van der Waals surface area contributed by atoms with Crippen LogP contribution in [0.2, 0.25) is 10.0 Å². The quantitative estimate of drug-likeness (QED) is 0.671. The van der Waals surface area contributed by atoms with Crippen LogP contribution in [0.4, 0.5) is 0 Å². The summed E-state index contributed by atoms with van der Waals surface area (Å²) in [6.07, 6.45) is 1.74. The lowest BCUT2D eigenvalue weighted by Crippen LogP contribution is -2.31. The van der Waals surface area contributed by atoms with Gasteiger partial charge in [-0.15, -0.1) is 0 Å². The number of aromatic nitrogens is 2. The largest absolute Gasteiger partial charge is 0.271 e. The highest BCUT2D eigenvalue weighted by Gasteiger charge is 2.19. The van der Waals surface area contributed by atoms with Crippen molar-refractivity contribution in [1.82, 2.24) is 15.2 Å². The molecule has 0 radical (unpaired) electrons. The molecule has 1 unspecified atom stereocenters. The predicted octanol–water partition coefficient (Wildman–Crippen LogP) is 2.76. The minimum Gasteiger partial charge on any atom is -0.271 e. The van der Waals surface area contributed by atoms with Crippen molar-refractivity contribution in [2.45, 2.75) is 19.5 Å². The molecule has 1 heterocycles. The van der Waals surface area contributed by atoms with E-state index >= 15 is 0 Å². The number of benzene rings is 1. The van der Waals surface area contributed by atoms with E-state index in [0.717, 1.165) is 17.8 Å². The first-order chi connectivity index (χ1) is 8.67. The lowest BCUT2D eigenvalue weighted by molar-refractivity contribution is 0.543. The van der Waals surface area contributed by atoms with Gasteiger partial charge in [-0.25, -0.2) is 5.43 Å². The highest BCUT2D eigenvalue weighted by molar-refractivity contribution is 6.33. The Balaban J connectivity index is 2.48. The van der Waals surface area contributed by atoms with Gasteiger partial charge in [0, 0.05) is 22.8 Å². The summed E-state index contributed by atoms with van der Waals surface area (Å²) < 4.78 is 1.86. The third-order valence-corrected chi connectivity index (χ3v) is 3.36. The third kappa shape index (κ3) is 2.52. The molecule has 2 rings (SSSR count). The van der Waals surface area contributed by atoms with Gasteiger partial charge < -0.3 is 0 Å². The Labute approximate surface area is 116 Å². The van der Waals surface area contributed by atoms with Crippen LogP contribution in [0.5, 0.6) is 0 Å². The molecule has 96 valence electrons.